The first-order chi connectivity index (χ1) is 12.0. The Kier molecular flexibility index (Phi) is 3.84. The quantitative estimate of drug-likeness (QED) is 0.651. The summed E-state index contributed by atoms with van der Waals surface area (Å²) in [4.78, 5) is 22.3. The Labute approximate surface area is 147 Å². The summed E-state index contributed by atoms with van der Waals surface area (Å²) in [5.41, 5.74) is 7.07. The number of H-pyrrole nitrogens is 2. The van der Waals surface area contributed by atoms with Gasteiger partial charge in [-0.15, -0.1) is 0 Å². The van der Waals surface area contributed by atoms with Crippen LogP contribution in [0.1, 0.15) is 41.6 Å². The normalized spacial score (nSPS) is 18.0. The number of carbonyl (C=O) groups excluding carboxylic acids is 1. The topological polar surface area (TPSA) is 104 Å². The molecule has 1 aromatic carbocycles. The van der Waals surface area contributed by atoms with Gasteiger partial charge >= 0.3 is 0 Å². The number of rotatable bonds is 2. The number of nitrogen functional groups attached to an aromatic ring is 1. The summed E-state index contributed by atoms with van der Waals surface area (Å²) in [6, 6.07) is 4.14. The fourth-order valence-corrected chi connectivity index (χ4v) is 3.41. The van der Waals surface area contributed by atoms with Gasteiger partial charge in [-0.1, -0.05) is 11.6 Å². The lowest BCUT2D eigenvalue weighted by molar-refractivity contribution is 0.0595. The second-order valence-electron chi connectivity index (χ2n) is 6.09. The molecule has 1 atom stereocenters. The van der Waals surface area contributed by atoms with Crippen LogP contribution in [0.25, 0.3) is 11.0 Å². The van der Waals surface area contributed by atoms with Gasteiger partial charge in [-0.2, -0.15) is 5.10 Å². The van der Waals surface area contributed by atoms with Gasteiger partial charge in [-0.3, -0.25) is 9.89 Å². The Balaban J connectivity index is 1.70. The molecule has 9 heteroatoms. The molecule has 1 saturated heterocycles. The second kappa shape index (κ2) is 6.03. The average Bonchev–Trinajstić information content (AvgIpc) is 3.18. The zero-order chi connectivity index (χ0) is 17.6. The molecular weight excluding hydrogens is 347 g/mol. The van der Waals surface area contributed by atoms with Gasteiger partial charge < -0.3 is 15.6 Å². The van der Waals surface area contributed by atoms with E-state index in [4.69, 9.17) is 17.3 Å². The number of anilines is 1. The number of benzene rings is 1. The Hall–Kier alpha value is -2.61. The van der Waals surface area contributed by atoms with Gasteiger partial charge in [0.25, 0.3) is 5.91 Å². The number of fused-ring (bicyclic) bond motifs is 1. The van der Waals surface area contributed by atoms with Crippen LogP contribution >= 0.6 is 11.6 Å². The lowest BCUT2D eigenvalue weighted by Crippen LogP contribution is -2.39. The molecule has 0 bridgehead atoms. The van der Waals surface area contributed by atoms with E-state index in [0.29, 0.717) is 23.4 Å². The van der Waals surface area contributed by atoms with Crippen molar-refractivity contribution in [3.05, 3.63) is 40.6 Å². The highest BCUT2D eigenvalue weighted by molar-refractivity contribution is 6.35. The minimum atomic E-state index is -0.334. The third-order valence-corrected chi connectivity index (χ3v) is 4.87. The molecule has 1 fully saturated rings. The monoisotopic (exact) mass is 362 g/mol. The van der Waals surface area contributed by atoms with Crippen molar-refractivity contribution < 1.29 is 9.18 Å². The standard InChI is InChI=1S/C16H16ClFN6O/c17-12-13(22-23-14(12)19)16(25)24-6-2-1-3-11(24)15-20-9-5-4-8(18)7-10(9)21-15/h4-5,7,11H,1-3,6H2,(H,20,21)(H3,19,22,23). The zero-order valence-electron chi connectivity index (χ0n) is 13.2. The number of hydrogen-bond donors (Lipinski definition) is 3. The number of aromatic nitrogens is 4. The van der Waals surface area contributed by atoms with Gasteiger partial charge in [-0.25, -0.2) is 9.37 Å². The summed E-state index contributed by atoms with van der Waals surface area (Å²) in [6.07, 6.45) is 2.62. The van der Waals surface area contributed by atoms with E-state index in [2.05, 4.69) is 20.2 Å². The lowest BCUT2D eigenvalue weighted by Gasteiger charge is -2.34. The Morgan fingerprint density at radius 3 is 3.00 bits per heavy atom. The average molecular weight is 363 g/mol. The number of carbonyl (C=O) groups is 1. The summed E-state index contributed by atoms with van der Waals surface area (Å²) in [6.45, 7) is 0.574. The van der Waals surface area contributed by atoms with Crippen molar-refractivity contribution in [3.63, 3.8) is 0 Å². The smallest absolute Gasteiger partial charge is 0.274 e. The first kappa shape index (κ1) is 15.9. The highest BCUT2D eigenvalue weighted by Gasteiger charge is 2.33. The van der Waals surface area contributed by atoms with E-state index >= 15 is 0 Å². The van der Waals surface area contributed by atoms with Gasteiger partial charge in [-0.05, 0) is 37.5 Å². The van der Waals surface area contributed by atoms with Crippen molar-refractivity contribution >= 4 is 34.4 Å². The van der Waals surface area contributed by atoms with E-state index in [-0.39, 0.29) is 34.3 Å². The lowest BCUT2D eigenvalue weighted by atomic mass is 10.0. The Morgan fingerprint density at radius 1 is 1.40 bits per heavy atom. The van der Waals surface area contributed by atoms with Crippen molar-refractivity contribution in [3.8, 4) is 0 Å². The van der Waals surface area contributed by atoms with Crippen LogP contribution in [0.4, 0.5) is 10.2 Å². The largest absolute Gasteiger partial charge is 0.381 e. The van der Waals surface area contributed by atoms with Crippen molar-refractivity contribution in [1.82, 2.24) is 25.1 Å². The van der Waals surface area contributed by atoms with Crippen LogP contribution in [0.2, 0.25) is 5.02 Å². The molecule has 3 heterocycles. The third kappa shape index (κ3) is 2.72. The molecule has 0 radical (unpaired) electrons. The van der Waals surface area contributed by atoms with Crippen LogP contribution in [0, 0.1) is 5.82 Å². The first-order valence-corrected chi connectivity index (χ1v) is 8.38. The molecular formula is C16H16ClFN6O. The summed E-state index contributed by atoms with van der Waals surface area (Å²) in [5, 5.41) is 6.51. The summed E-state index contributed by atoms with van der Waals surface area (Å²) in [7, 11) is 0. The number of piperidine rings is 1. The van der Waals surface area contributed by atoms with Crippen LogP contribution in [0.5, 0.6) is 0 Å². The van der Waals surface area contributed by atoms with Gasteiger partial charge in [0.05, 0.1) is 17.1 Å². The van der Waals surface area contributed by atoms with Crippen LogP contribution in [-0.2, 0) is 0 Å². The molecule has 1 unspecified atom stereocenters. The van der Waals surface area contributed by atoms with Crippen molar-refractivity contribution in [2.24, 2.45) is 0 Å². The number of hydrogen-bond acceptors (Lipinski definition) is 4. The summed E-state index contributed by atoms with van der Waals surface area (Å²) < 4.78 is 13.4. The number of nitrogens with two attached hydrogens (primary N) is 1. The molecule has 25 heavy (non-hydrogen) atoms. The maximum Gasteiger partial charge on any atom is 0.274 e. The molecule has 7 nitrogen and oxygen atoms in total. The van der Waals surface area contributed by atoms with Crippen LogP contribution < -0.4 is 5.73 Å². The molecule has 1 aliphatic heterocycles. The predicted molar refractivity (Wildman–Crippen MR) is 91.7 cm³/mol. The maximum absolute atomic E-state index is 13.4. The van der Waals surface area contributed by atoms with Crippen molar-refractivity contribution in [2.45, 2.75) is 25.3 Å². The highest BCUT2D eigenvalue weighted by Crippen LogP contribution is 2.33. The number of aromatic amines is 2. The Bertz CT molecular complexity index is 951. The zero-order valence-corrected chi connectivity index (χ0v) is 14.0. The molecule has 1 amide bonds. The van der Waals surface area contributed by atoms with E-state index in [1.165, 1.54) is 12.1 Å². The van der Waals surface area contributed by atoms with E-state index in [9.17, 15) is 9.18 Å². The number of amides is 1. The fraction of sp³-hybridized carbons (Fsp3) is 0.312. The fourth-order valence-electron chi connectivity index (χ4n) is 3.25. The van der Waals surface area contributed by atoms with Crippen LogP contribution in [0.3, 0.4) is 0 Å². The minimum Gasteiger partial charge on any atom is -0.381 e. The van der Waals surface area contributed by atoms with Gasteiger partial charge in [0.1, 0.15) is 22.4 Å². The van der Waals surface area contributed by atoms with Crippen LogP contribution in [-0.4, -0.2) is 37.5 Å². The van der Waals surface area contributed by atoms with E-state index in [1.54, 1.807) is 11.0 Å². The van der Waals surface area contributed by atoms with E-state index < -0.39 is 0 Å². The van der Waals surface area contributed by atoms with Crippen molar-refractivity contribution in [1.29, 1.82) is 0 Å². The highest BCUT2D eigenvalue weighted by atomic mass is 35.5. The molecule has 3 aromatic rings. The molecule has 2 aromatic heterocycles. The van der Waals surface area contributed by atoms with E-state index in [1.807, 2.05) is 0 Å². The van der Waals surface area contributed by atoms with Gasteiger partial charge in [0.15, 0.2) is 5.82 Å². The number of nitrogens with zero attached hydrogens (tertiary/aromatic N) is 3. The molecule has 4 rings (SSSR count). The minimum absolute atomic E-state index is 0.0952. The second-order valence-corrected chi connectivity index (χ2v) is 6.47. The number of halogens is 2. The Morgan fingerprint density at radius 2 is 2.24 bits per heavy atom. The number of nitrogens with one attached hydrogen (secondary N) is 2. The summed E-state index contributed by atoms with van der Waals surface area (Å²) >= 11 is 6.07. The number of likely N-dealkylation sites (tertiary alicyclic amines) is 1. The van der Waals surface area contributed by atoms with Gasteiger partial charge in [0, 0.05) is 6.54 Å². The predicted octanol–water partition coefficient (Wildman–Crippen LogP) is 3.03. The van der Waals surface area contributed by atoms with Gasteiger partial charge in [0.2, 0.25) is 0 Å². The molecule has 4 N–H and O–H groups in total. The third-order valence-electron chi connectivity index (χ3n) is 4.49. The molecule has 0 aliphatic carbocycles. The molecule has 1 aliphatic rings. The molecule has 130 valence electrons. The maximum atomic E-state index is 13.4. The molecule has 0 spiro atoms. The van der Waals surface area contributed by atoms with E-state index in [0.717, 1.165) is 19.3 Å². The van der Waals surface area contributed by atoms with Crippen molar-refractivity contribution in [2.75, 3.05) is 12.3 Å². The SMILES string of the molecule is Nc1n[nH]c(C(=O)N2CCCCC2c2nc3ccc(F)cc3[nH]2)c1Cl. The first-order valence-electron chi connectivity index (χ1n) is 8.00. The summed E-state index contributed by atoms with van der Waals surface area (Å²) in [5.74, 6) is 0.125. The number of imidazole rings is 1. The molecule has 0 saturated carbocycles. The van der Waals surface area contributed by atoms with Crippen LogP contribution in [0.15, 0.2) is 18.2 Å².